The molecule has 3 nitrogen and oxygen atoms in total. The van der Waals surface area contributed by atoms with Gasteiger partial charge in [-0.25, -0.2) is 4.98 Å². The molecule has 0 saturated heterocycles. The Morgan fingerprint density at radius 3 is 2.65 bits per heavy atom. The zero-order valence-corrected chi connectivity index (χ0v) is 10.1. The summed E-state index contributed by atoms with van der Waals surface area (Å²) in [6, 6.07) is 9.20. The first-order valence-electron chi connectivity index (χ1n) is 5.00. The number of aromatic amines is 1. The molecule has 0 spiro atoms. The van der Waals surface area contributed by atoms with Crippen molar-refractivity contribution in [3.8, 4) is 11.5 Å². The molecule has 1 N–H and O–H groups in total. The highest BCUT2D eigenvalue weighted by molar-refractivity contribution is 6.35. The van der Waals surface area contributed by atoms with Crippen molar-refractivity contribution in [1.29, 1.82) is 0 Å². The van der Waals surface area contributed by atoms with Crippen molar-refractivity contribution >= 4 is 34.2 Å². The maximum Gasteiger partial charge on any atom is 0.157 e. The number of hydrogen-bond donors (Lipinski definition) is 1. The summed E-state index contributed by atoms with van der Waals surface area (Å²) in [4.78, 5) is 11.8. The molecule has 17 heavy (non-hydrogen) atoms. The van der Waals surface area contributed by atoms with Gasteiger partial charge in [0.1, 0.15) is 11.2 Å². The van der Waals surface area contributed by atoms with Crippen LogP contribution in [0.4, 0.5) is 0 Å². The van der Waals surface area contributed by atoms with E-state index >= 15 is 0 Å². The van der Waals surface area contributed by atoms with Gasteiger partial charge in [-0.05, 0) is 24.3 Å². The molecule has 0 amide bonds. The highest BCUT2D eigenvalue weighted by Gasteiger charge is 2.08. The molecular formula is C12H7Cl2N3. The fraction of sp³-hybridized carbons (Fsp3) is 0. The number of aromatic nitrogens is 3. The maximum atomic E-state index is 6.06. The predicted molar refractivity (Wildman–Crippen MR) is 69.3 cm³/mol. The molecule has 2 aromatic heterocycles. The zero-order chi connectivity index (χ0) is 11.8. The first-order chi connectivity index (χ1) is 8.24. The van der Waals surface area contributed by atoms with E-state index in [2.05, 4.69) is 15.0 Å². The van der Waals surface area contributed by atoms with Crippen molar-refractivity contribution in [3.63, 3.8) is 0 Å². The van der Waals surface area contributed by atoms with Gasteiger partial charge in [0, 0.05) is 6.20 Å². The van der Waals surface area contributed by atoms with Crippen LogP contribution in [0.2, 0.25) is 10.0 Å². The first kappa shape index (κ1) is 10.6. The lowest BCUT2D eigenvalue weighted by Gasteiger charge is -1.94. The minimum atomic E-state index is 0.600. The molecule has 0 atom stereocenters. The van der Waals surface area contributed by atoms with E-state index in [4.69, 9.17) is 23.2 Å². The fourth-order valence-electron chi connectivity index (χ4n) is 1.63. The van der Waals surface area contributed by atoms with Crippen molar-refractivity contribution in [3.05, 3.63) is 46.6 Å². The van der Waals surface area contributed by atoms with E-state index in [1.807, 2.05) is 24.3 Å². The van der Waals surface area contributed by atoms with E-state index < -0.39 is 0 Å². The first-order valence-corrected chi connectivity index (χ1v) is 5.76. The van der Waals surface area contributed by atoms with E-state index in [0.29, 0.717) is 15.9 Å². The molecule has 0 saturated carbocycles. The summed E-state index contributed by atoms with van der Waals surface area (Å²) in [5.41, 5.74) is 2.38. The van der Waals surface area contributed by atoms with Crippen molar-refractivity contribution in [2.45, 2.75) is 0 Å². The van der Waals surface area contributed by atoms with E-state index in [9.17, 15) is 0 Å². The number of para-hydroxylation sites is 1. The predicted octanol–water partition coefficient (Wildman–Crippen LogP) is 3.93. The molecule has 0 bridgehead atoms. The monoisotopic (exact) mass is 263 g/mol. The third-order valence-electron chi connectivity index (χ3n) is 2.43. The zero-order valence-electron chi connectivity index (χ0n) is 8.61. The average Bonchev–Trinajstić information content (AvgIpc) is 2.75. The van der Waals surface area contributed by atoms with Crippen LogP contribution in [-0.2, 0) is 0 Å². The Morgan fingerprint density at radius 2 is 1.94 bits per heavy atom. The molecule has 84 valence electrons. The number of pyridine rings is 1. The summed E-state index contributed by atoms with van der Waals surface area (Å²) in [6.45, 7) is 0. The van der Waals surface area contributed by atoms with Gasteiger partial charge in [-0.1, -0.05) is 29.3 Å². The minimum Gasteiger partial charge on any atom is -0.337 e. The third-order valence-corrected chi connectivity index (χ3v) is 2.96. The number of hydrogen-bond acceptors (Lipinski definition) is 2. The second-order valence-electron chi connectivity index (χ2n) is 3.58. The summed E-state index contributed by atoms with van der Waals surface area (Å²) in [5, 5.41) is 1.22. The summed E-state index contributed by atoms with van der Waals surface area (Å²) in [5.74, 6) is 0.685. The Balaban J connectivity index is 2.18. The van der Waals surface area contributed by atoms with Crippen molar-refractivity contribution in [1.82, 2.24) is 15.0 Å². The standard InChI is InChI=1S/C12H7Cl2N3/c13-7-4-5-10(15-6-7)12-16-9-3-1-2-8(14)11(9)17-12/h1-6H,(H,16,17). The van der Waals surface area contributed by atoms with Gasteiger partial charge in [-0.15, -0.1) is 0 Å². The van der Waals surface area contributed by atoms with Gasteiger partial charge in [0.25, 0.3) is 0 Å². The Labute approximate surface area is 107 Å². The number of halogens is 2. The van der Waals surface area contributed by atoms with Crippen LogP contribution in [0.5, 0.6) is 0 Å². The largest absolute Gasteiger partial charge is 0.337 e. The topological polar surface area (TPSA) is 41.6 Å². The molecule has 3 rings (SSSR count). The molecule has 0 unspecified atom stereocenters. The van der Waals surface area contributed by atoms with Gasteiger partial charge in [-0.2, -0.15) is 0 Å². The molecule has 0 fully saturated rings. The van der Waals surface area contributed by atoms with Gasteiger partial charge in [0.05, 0.1) is 15.6 Å². The molecule has 0 radical (unpaired) electrons. The van der Waals surface area contributed by atoms with Gasteiger partial charge in [0.2, 0.25) is 0 Å². The normalized spacial score (nSPS) is 10.9. The number of rotatable bonds is 1. The van der Waals surface area contributed by atoms with Gasteiger partial charge < -0.3 is 4.98 Å². The molecule has 5 heteroatoms. The average molecular weight is 264 g/mol. The van der Waals surface area contributed by atoms with Crippen molar-refractivity contribution < 1.29 is 0 Å². The number of nitrogens with zero attached hydrogens (tertiary/aromatic N) is 2. The highest BCUT2D eigenvalue weighted by atomic mass is 35.5. The Bertz CT molecular complexity index is 674. The van der Waals surface area contributed by atoms with Crippen LogP contribution in [0, 0.1) is 0 Å². The van der Waals surface area contributed by atoms with E-state index in [-0.39, 0.29) is 0 Å². The SMILES string of the molecule is Clc1ccc(-c2nc3c(Cl)cccc3[nH]2)nc1. The Kier molecular flexibility index (Phi) is 2.50. The summed E-state index contributed by atoms with van der Waals surface area (Å²) >= 11 is 11.8. The number of nitrogens with one attached hydrogen (secondary N) is 1. The van der Waals surface area contributed by atoms with Crippen molar-refractivity contribution in [2.75, 3.05) is 0 Å². The molecule has 0 aliphatic rings. The van der Waals surface area contributed by atoms with E-state index in [0.717, 1.165) is 16.7 Å². The molecule has 3 aromatic rings. The number of imidazole rings is 1. The van der Waals surface area contributed by atoms with Gasteiger partial charge in [0.15, 0.2) is 5.82 Å². The highest BCUT2D eigenvalue weighted by Crippen LogP contribution is 2.24. The van der Waals surface area contributed by atoms with Gasteiger partial charge in [-0.3, -0.25) is 4.98 Å². The lowest BCUT2D eigenvalue weighted by atomic mass is 10.3. The smallest absolute Gasteiger partial charge is 0.157 e. The van der Waals surface area contributed by atoms with Gasteiger partial charge >= 0.3 is 0 Å². The Morgan fingerprint density at radius 1 is 1.06 bits per heavy atom. The van der Waals surface area contributed by atoms with E-state index in [1.165, 1.54) is 0 Å². The lowest BCUT2D eigenvalue weighted by Crippen LogP contribution is -1.84. The van der Waals surface area contributed by atoms with Crippen LogP contribution in [0.1, 0.15) is 0 Å². The third kappa shape index (κ3) is 1.88. The second kappa shape index (κ2) is 4.02. The molecule has 2 heterocycles. The van der Waals surface area contributed by atoms with Crippen LogP contribution in [0.3, 0.4) is 0 Å². The maximum absolute atomic E-state index is 6.06. The number of fused-ring (bicyclic) bond motifs is 1. The summed E-state index contributed by atoms with van der Waals surface area (Å²) in [6.07, 6.45) is 1.59. The lowest BCUT2D eigenvalue weighted by molar-refractivity contribution is 1.24. The van der Waals surface area contributed by atoms with Crippen LogP contribution in [0.15, 0.2) is 36.5 Å². The second-order valence-corrected chi connectivity index (χ2v) is 4.43. The van der Waals surface area contributed by atoms with Crippen molar-refractivity contribution in [2.24, 2.45) is 0 Å². The van der Waals surface area contributed by atoms with E-state index in [1.54, 1.807) is 12.3 Å². The quantitative estimate of drug-likeness (QED) is 0.723. The van der Waals surface area contributed by atoms with Crippen LogP contribution in [-0.4, -0.2) is 15.0 Å². The summed E-state index contributed by atoms with van der Waals surface area (Å²) in [7, 11) is 0. The summed E-state index contributed by atoms with van der Waals surface area (Å²) < 4.78 is 0. The van der Waals surface area contributed by atoms with Crippen LogP contribution >= 0.6 is 23.2 Å². The van der Waals surface area contributed by atoms with Crippen LogP contribution in [0.25, 0.3) is 22.6 Å². The molecule has 0 aliphatic heterocycles. The molecule has 1 aromatic carbocycles. The fourth-order valence-corrected chi connectivity index (χ4v) is 1.96. The minimum absolute atomic E-state index is 0.600. The van der Waals surface area contributed by atoms with Crippen LogP contribution < -0.4 is 0 Å². The molecule has 0 aliphatic carbocycles. The molecular weight excluding hydrogens is 257 g/mol. The number of benzene rings is 1. The Hall–Kier alpha value is -1.58. The number of H-pyrrole nitrogens is 1.